The molecule has 2 heterocycles. The Bertz CT molecular complexity index is 868. The lowest BCUT2D eigenvalue weighted by molar-refractivity contribution is 0.252. The monoisotopic (exact) mass is 327 g/mol. The maximum absolute atomic E-state index is 11.6. The summed E-state index contributed by atoms with van der Waals surface area (Å²) in [7, 11) is 0. The predicted octanol–water partition coefficient (Wildman–Crippen LogP) is 3.49. The van der Waals surface area contributed by atoms with Gasteiger partial charge in [0.2, 0.25) is 0 Å². The maximum atomic E-state index is 11.6. The fraction of sp³-hybridized carbons (Fsp3) is 0.125. The third kappa shape index (κ3) is 3.37. The van der Waals surface area contributed by atoms with E-state index in [0.717, 1.165) is 11.1 Å². The number of benzene rings is 1. The van der Waals surface area contributed by atoms with E-state index < -0.39 is 0 Å². The van der Waals surface area contributed by atoms with Crippen LogP contribution in [0.5, 0.6) is 0 Å². The second-order valence-electron chi connectivity index (χ2n) is 4.80. The molecule has 116 valence electrons. The highest BCUT2D eigenvalue weighted by Crippen LogP contribution is 2.26. The zero-order valence-corrected chi connectivity index (χ0v) is 13.1. The molecule has 0 fully saturated rings. The second kappa shape index (κ2) is 6.58. The van der Waals surface area contributed by atoms with E-state index in [1.165, 1.54) is 0 Å². The van der Waals surface area contributed by atoms with E-state index in [4.69, 9.17) is 11.6 Å². The third-order valence-electron chi connectivity index (χ3n) is 3.19. The topological polar surface area (TPSA) is 79.8 Å². The van der Waals surface area contributed by atoms with Crippen LogP contribution in [0.15, 0.2) is 42.9 Å². The van der Waals surface area contributed by atoms with Gasteiger partial charge in [0.15, 0.2) is 0 Å². The number of anilines is 1. The average Bonchev–Trinajstić information content (AvgIpc) is 2.55. The molecule has 1 aromatic carbocycles. The molecule has 0 saturated heterocycles. The molecule has 0 atom stereocenters. The Morgan fingerprint density at radius 1 is 1.22 bits per heavy atom. The summed E-state index contributed by atoms with van der Waals surface area (Å²) in [6.07, 6.45) is 4.89. The van der Waals surface area contributed by atoms with Gasteiger partial charge in [-0.25, -0.2) is 9.78 Å². The number of hydrogen-bond acceptors (Lipinski definition) is 4. The Morgan fingerprint density at radius 3 is 2.87 bits per heavy atom. The Balaban J connectivity index is 1.98. The van der Waals surface area contributed by atoms with Gasteiger partial charge in [-0.3, -0.25) is 9.97 Å². The molecular weight excluding hydrogens is 314 g/mol. The number of aromatic nitrogens is 3. The van der Waals surface area contributed by atoms with Crippen molar-refractivity contribution in [1.82, 2.24) is 20.3 Å². The maximum Gasteiger partial charge on any atom is 0.319 e. The number of fused-ring (bicyclic) bond motifs is 1. The van der Waals surface area contributed by atoms with Gasteiger partial charge in [-0.1, -0.05) is 11.6 Å². The van der Waals surface area contributed by atoms with Crippen molar-refractivity contribution in [3.05, 3.63) is 47.9 Å². The van der Waals surface area contributed by atoms with E-state index in [9.17, 15) is 4.79 Å². The summed E-state index contributed by atoms with van der Waals surface area (Å²) < 4.78 is 0. The van der Waals surface area contributed by atoms with Crippen molar-refractivity contribution >= 4 is 34.4 Å². The Morgan fingerprint density at radius 2 is 2.09 bits per heavy atom. The first-order chi connectivity index (χ1) is 11.2. The Hall–Kier alpha value is -2.73. The van der Waals surface area contributed by atoms with Crippen molar-refractivity contribution in [1.29, 1.82) is 0 Å². The number of nitrogens with zero attached hydrogens (tertiary/aromatic N) is 3. The van der Waals surface area contributed by atoms with Gasteiger partial charge >= 0.3 is 6.03 Å². The highest BCUT2D eigenvalue weighted by atomic mass is 35.5. The average molecular weight is 328 g/mol. The van der Waals surface area contributed by atoms with E-state index in [1.807, 2.05) is 13.0 Å². The van der Waals surface area contributed by atoms with Crippen LogP contribution < -0.4 is 10.6 Å². The zero-order valence-electron chi connectivity index (χ0n) is 12.4. The molecule has 3 rings (SSSR count). The standard InChI is InChI=1S/C16H14ClN5O/c1-2-19-16(23)21-10-3-4-13-14(7-10)22-15(9-20-13)11-5-6-18-8-12(11)17/h3-9H,2H2,1H3,(H2,19,21,23). The van der Waals surface area contributed by atoms with Gasteiger partial charge in [-0.15, -0.1) is 0 Å². The first-order valence-electron chi connectivity index (χ1n) is 7.09. The van der Waals surface area contributed by atoms with E-state index in [0.29, 0.717) is 28.5 Å². The molecule has 0 saturated carbocycles. The highest BCUT2D eigenvalue weighted by Gasteiger charge is 2.08. The number of carbonyl (C=O) groups is 1. The number of hydrogen-bond donors (Lipinski definition) is 2. The summed E-state index contributed by atoms with van der Waals surface area (Å²) in [5, 5.41) is 5.94. The highest BCUT2D eigenvalue weighted by molar-refractivity contribution is 6.33. The number of urea groups is 1. The van der Waals surface area contributed by atoms with Crippen LogP contribution >= 0.6 is 11.6 Å². The second-order valence-corrected chi connectivity index (χ2v) is 5.21. The molecule has 0 radical (unpaired) electrons. The van der Waals surface area contributed by atoms with E-state index in [2.05, 4.69) is 25.6 Å². The predicted molar refractivity (Wildman–Crippen MR) is 90.5 cm³/mol. The minimum atomic E-state index is -0.256. The van der Waals surface area contributed by atoms with Crippen LogP contribution in [0.25, 0.3) is 22.3 Å². The van der Waals surface area contributed by atoms with Gasteiger partial charge in [0.25, 0.3) is 0 Å². The smallest absolute Gasteiger partial charge is 0.319 e. The first-order valence-corrected chi connectivity index (χ1v) is 7.46. The van der Waals surface area contributed by atoms with Gasteiger partial charge in [-0.2, -0.15) is 0 Å². The van der Waals surface area contributed by atoms with Crippen LogP contribution in [0.2, 0.25) is 5.02 Å². The van der Waals surface area contributed by atoms with Crippen molar-refractivity contribution in [2.24, 2.45) is 0 Å². The lowest BCUT2D eigenvalue weighted by Gasteiger charge is -2.08. The molecule has 7 heteroatoms. The first kappa shape index (κ1) is 15.2. The minimum Gasteiger partial charge on any atom is -0.338 e. The van der Waals surface area contributed by atoms with Crippen LogP contribution in [0, 0.1) is 0 Å². The molecule has 6 nitrogen and oxygen atoms in total. The van der Waals surface area contributed by atoms with Crippen LogP contribution in [0.1, 0.15) is 6.92 Å². The van der Waals surface area contributed by atoms with E-state index in [-0.39, 0.29) is 6.03 Å². The zero-order chi connectivity index (χ0) is 16.2. The Labute approximate surface area is 137 Å². The summed E-state index contributed by atoms with van der Waals surface area (Å²) >= 11 is 6.15. The summed E-state index contributed by atoms with van der Waals surface area (Å²) in [5.74, 6) is 0. The minimum absolute atomic E-state index is 0.256. The SMILES string of the molecule is CCNC(=O)Nc1ccc2ncc(-c3ccncc3Cl)nc2c1. The third-order valence-corrected chi connectivity index (χ3v) is 3.49. The molecule has 0 unspecified atom stereocenters. The molecule has 0 aliphatic carbocycles. The van der Waals surface area contributed by atoms with Gasteiger partial charge in [0.1, 0.15) is 0 Å². The molecular formula is C16H14ClN5O. The number of pyridine rings is 1. The molecule has 0 aliphatic rings. The largest absolute Gasteiger partial charge is 0.338 e. The molecule has 2 N–H and O–H groups in total. The summed E-state index contributed by atoms with van der Waals surface area (Å²) in [5.41, 5.74) is 3.47. The van der Waals surface area contributed by atoms with Gasteiger partial charge in [0, 0.05) is 30.2 Å². The molecule has 3 aromatic rings. The lowest BCUT2D eigenvalue weighted by atomic mass is 10.2. The summed E-state index contributed by atoms with van der Waals surface area (Å²) in [6, 6.07) is 6.89. The van der Waals surface area contributed by atoms with Gasteiger partial charge < -0.3 is 10.6 Å². The number of rotatable bonds is 3. The van der Waals surface area contributed by atoms with E-state index in [1.54, 1.807) is 36.8 Å². The van der Waals surface area contributed by atoms with Crippen LogP contribution in [-0.2, 0) is 0 Å². The molecule has 0 spiro atoms. The lowest BCUT2D eigenvalue weighted by Crippen LogP contribution is -2.28. The molecule has 0 bridgehead atoms. The van der Waals surface area contributed by atoms with Gasteiger partial charge in [-0.05, 0) is 31.2 Å². The van der Waals surface area contributed by atoms with Crippen molar-refractivity contribution < 1.29 is 4.79 Å². The summed E-state index contributed by atoms with van der Waals surface area (Å²) in [4.78, 5) is 24.5. The number of amides is 2. The molecule has 2 amide bonds. The normalized spacial score (nSPS) is 10.5. The van der Waals surface area contributed by atoms with Crippen LogP contribution in [0.4, 0.5) is 10.5 Å². The fourth-order valence-electron chi connectivity index (χ4n) is 2.14. The van der Waals surface area contributed by atoms with Crippen LogP contribution in [-0.4, -0.2) is 27.5 Å². The number of halogens is 1. The van der Waals surface area contributed by atoms with Crippen molar-refractivity contribution in [3.63, 3.8) is 0 Å². The van der Waals surface area contributed by atoms with Crippen LogP contribution in [0.3, 0.4) is 0 Å². The van der Waals surface area contributed by atoms with Crippen molar-refractivity contribution in [2.75, 3.05) is 11.9 Å². The molecule has 0 aliphatic heterocycles. The van der Waals surface area contributed by atoms with E-state index >= 15 is 0 Å². The number of carbonyl (C=O) groups excluding carboxylic acids is 1. The van der Waals surface area contributed by atoms with Crippen molar-refractivity contribution in [3.8, 4) is 11.3 Å². The van der Waals surface area contributed by atoms with Gasteiger partial charge in [0.05, 0.1) is 27.9 Å². The molecule has 2 aromatic heterocycles. The Kier molecular flexibility index (Phi) is 4.34. The molecule has 23 heavy (non-hydrogen) atoms. The van der Waals surface area contributed by atoms with Crippen molar-refractivity contribution in [2.45, 2.75) is 6.92 Å². The number of nitrogens with one attached hydrogen (secondary N) is 2. The quantitative estimate of drug-likeness (QED) is 0.771. The fourth-order valence-corrected chi connectivity index (χ4v) is 2.35. The summed E-state index contributed by atoms with van der Waals surface area (Å²) in [6.45, 7) is 2.42.